The molecule has 1 N–H and O–H groups in total. The van der Waals surface area contributed by atoms with Crippen LogP contribution >= 0.6 is 23.4 Å². The second-order valence-electron chi connectivity index (χ2n) is 5.31. The molecule has 0 aliphatic heterocycles. The van der Waals surface area contributed by atoms with Gasteiger partial charge in [0.2, 0.25) is 5.91 Å². The van der Waals surface area contributed by atoms with Crippen molar-refractivity contribution in [2.45, 2.75) is 5.75 Å². The number of rotatable bonds is 9. The Kier molecular flexibility index (Phi) is 8.67. The third kappa shape index (κ3) is 7.72. The van der Waals surface area contributed by atoms with E-state index < -0.39 is 5.97 Å². The molecule has 0 bridgehead atoms. The van der Waals surface area contributed by atoms with Crippen LogP contribution in [0.4, 0.5) is 0 Å². The minimum atomic E-state index is -0.448. The van der Waals surface area contributed by atoms with Crippen LogP contribution in [0.15, 0.2) is 53.6 Å². The first-order valence-electron chi connectivity index (χ1n) is 8.01. The molecular formula is C19H19ClN2O4S. The van der Waals surface area contributed by atoms with Crippen molar-refractivity contribution in [3.8, 4) is 5.75 Å². The van der Waals surface area contributed by atoms with Gasteiger partial charge in [0.25, 0.3) is 0 Å². The zero-order chi connectivity index (χ0) is 19.5. The Morgan fingerprint density at radius 2 is 1.93 bits per heavy atom. The van der Waals surface area contributed by atoms with Gasteiger partial charge >= 0.3 is 5.97 Å². The molecule has 0 saturated heterocycles. The summed E-state index contributed by atoms with van der Waals surface area (Å²) in [4.78, 5) is 22.8. The maximum Gasteiger partial charge on any atom is 0.343 e. The van der Waals surface area contributed by atoms with E-state index in [2.05, 4.69) is 15.3 Å². The second kappa shape index (κ2) is 11.3. The van der Waals surface area contributed by atoms with Crippen LogP contribution in [0.2, 0.25) is 5.02 Å². The topological polar surface area (TPSA) is 77.0 Å². The van der Waals surface area contributed by atoms with E-state index in [9.17, 15) is 9.59 Å². The van der Waals surface area contributed by atoms with Gasteiger partial charge in [0, 0.05) is 10.8 Å². The molecule has 142 valence electrons. The predicted octanol–water partition coefficient (Wildman–Crippen LogP) is 3.28. The van der Waals surface area contributed by atoms with Gasteiger partial charge in [-0.15, -0.1) is 11.8 Å². The molecule has 6 nitrogen and oxygen atoms in total. The van der Waals surface area contributed by atoms with E-state index in [0.717, 1.165) is 11.1 Å². The number of carbonyl (C=O) groups excluding carboxylic acids is 2. The van der Waals surface area contributed by atoms with Crippen molar-refractivity contribution in [2.24, 2.45) is 5.10 Å². The summed E-state index contributed by atoms with van der Waals surface area (Å²) in [7, 11) is 1.30. The van der Waals surface area contributed by atoms with Gasteiger partial charge in [0.1, 0.15) is 5.75 Å². The lowest BCUT2D eigenvalue weighted by atomic mass is 10.2. The molecule has 2 aromatic carbocycles. The number of ether oxygens (including phenoxy) is 2. The molecule has 0 radical (unpaired) electrons. The van der Waals surface area contributed by atoms with E-state index >= 15 is 0 Å². The Labute approximate surface area is 166 Å². The van der Waals surface area contributed by atoms with E-state index in [0.29, 0.717) is 16.5 Å². The van der Waals surface area contributed by atoms with Crippen LogP contribution in [-0.2, 0) is 20.1 Å². The fourth-order valence-corrected chi connectivity index (χ4v) is 3.04. The van der Waals surface area contributed by atoms with Crippen LogP contribution in [0.5, 0.6) is 5.75 Å². The van der Waals surface area contributed by atoms with Crippen LogP contribution in [-0.4, -0.2) is 37.6 Å². The van der Waals surface area contributed by atoms with Crippen molar-refractivity contribution in [1.29, 1.82) is 0 Å². The normalized spacial score (nSPS) is 10.6. The zero-order valence-electron chi connectivity index (χ0n) is 14.7. The van der Waals surface area contributed by atoms with E-state index in [1.807, 2.05) is 24.3 Å². The summed E-state index contributed by atoms with van der Waals surface area (Å²) in [5.74, 6) is 0.835. The lowest BCUT2D eigenvalue weighted by molar-refractivity contribution is -0.142. The SMILES string of the molecule is COC(=O)COc1ccc(/C=N\NC(=O)CSCc2ccccc2Cl)cc1. The fraction of sp³-hybridized carbons (Fsp3) is 0.211. The molecule has 0 aromatic heterocycles. The molecule has 0 spiro atoms. The first kappa shape index (κ1) is 20.8. The maximum absolute atomic E-state index is 11.8. The summed E-state index contributed by atoms with van der Waals surface area (Å²) in [6.07, 6.45) is 1.53. The number of hydrogen-bond donors (Lipinski definition) is 1. The summed E-state index contributed by atoms with van der Waals surface area (Å²) in [6.45, 7) is -0.147. The molecular weight excluding hydrogens is 388 g/mol. The van der Waals surface area contributed by atoms with E-state index in [1.54, 1.807) is 24.3 Å². The highest BCUT2D eigenvalue weighted by Gasteiger charge is 2.03. The highest BCUT2D eigenvalue weighted by molar-refractivity contribution is 7.99. The molecule has 0 unspecified atom stereocenters. The Bertz CT molecular complexity index is 797. The molecule has 8 heteroatoms. The van der Waals surface area contributed by atoms with Crippen LogP contribution < -0.4 is 10.2 Å². The lowest BCUT2D eigenvalue weighted by Gasteiger charge is -2.04. The first-order chi connectivity index (χ1) is 13.1. The molecule has 0 atom stereocenters. The summed E-state index contributed by atoms with van der Waals surface area (Å²) in [5, 5.41) is 4.62. The number of amides is 1. The van der Waals surface area contributed by atoms with Gasteiger partial charge < -0.3 is 9.47 Å². The van der Waals surface area contributed by atoms with Gasteiger partial charge in [-0.2, -0.15) is 5.10 Å². The van der Waals surface area contributed by atoms with Crippen molar-refractivity contribution in [1.82, 2.24) is 5.43 Å². The van der Waals surface area contributed by atoms with Crippen molar-refractivity contribution in [3.63, 3.8) is 0 Å². The van der Waals surface area contributed by atoms with Crippen molar-refractivity contribution in [2.75, 3.05) is 19.5 Å². The third-order valence-corrected chi connectivity index (χ3v) is 4.67. The quantitative estimate of drug-likeness (QED) is 0.393. The standard InChI is InChI=1S/C19H19ClN2O4S/c1-25-19(24)11-26-16-8-6-14(7-9-16)10-21-22-18(23)13-27-12-15-4-2-3-5-17(15)20/h2-10H,11-13H2,1H3,(H,22,23)/b21-10-. The average molecular weight is 407 g/mol. The number of halogens is 1. The fourth-order valence-electron chi connectivity index (χ4n) is 1.93. The van der Waals surface area contributed by atoms with Gasteiger partial charge in [-0.3, -0.25) is 4.79 Å². The summed E-state index contributed by atoms with van der Waals surface area (Å²) >= 11 is 7.54. The Morgan fingerprint density at radius 1 is 1.19 bits per heavy atom. The Hall–Kier alpha value is -2.51. The summed E-state index contributed by atoms with van der Waals surface area (Å²) in [6, 6.07) is 14.5. The molecule has 27 heavy (non-hydrogen) atoms. The maximum atomic E-state index is 11.8. The van der Waals surface area contributed by atoms with Gasteiger partial charge in [0.15, 0.2) is 6.61 Å². The molecule has 0 aliphatic carbocycles. The molecule has 2 aromatic rings. The molecule has 0 aliphatic rings. The van der Waals surface area contributed by atoms with Crippen molar-refractivity contribution in [3.05, 3.63) is 64.7 Å². The molecule has 0 saturated carbocycles. The van der Waals surface area contributed by atoms with Crippen LogP contribution in [0.25, 0.3) is 0 Å². The van der Waals surface area contributed by atoms with Gasteiger partial charge in [0.05, 0.1) is 19.1 Å². The highest BCUT2D eigenvalue weighted by Crippen LogP contribution is 2.20. The Balaban J connectivity index is 1.70. The zero-order valence-corrected chi connectivity index (χ0v) is 16.3. The average Bonchev–Trinajstić information content (AvgIpc) is 2.68. The molecule has 0 heterocycles. The molecule has 2 rings (SSSR count). The molecule has 1 amide bonds. The number of nitrogens with zero attached hydrogens (tertiary/aromatic N) is 1. The lowest BCUT2D eigenvalue weighted by Crippen LogP contribution is -2.19. The minimum absolute atomic E-state index is 0.147. The van der Waals surface area contributed by atoms with Crippen molar-refractivity contribution >= 4 is 41.5 Å². The smallest absolute Gasteiger partial charge is 0.343 e. The van der Waals surface area contributed by atoms with Crippen LogP contribution in [0, 0.1) is 0 Å². The van der Waals surface area contributed by atoms with Gasteiger partial charge in [-0.1, -0.05) is 29.8 Å². The predicted molar refractivity (Wildman–Crippen MR) is 107 cm³/mol. The monoisotopic (exact) mass is 406 g/mol. The number of nitrogens with one attached hydrogen (secondary N) is 1. The van der Waals surface area contributed by atoms with Gasteiger partial charge in [-0.05, 0) is 41.5 Å². The first-order valence-corrected chi connectivity index (χ1v) is 9.54. The van der Waals surface area contributed by atoms with E-state index in [1.165, 1.54) is 25.1 Å². The van der Waals surface area contributed by atoms with Gasteiger partial charge in [-0.25, -0.2) is 10.2 Å². The summed E-state index contributed by atoms with van der Waals surface area (Å²) < 4.78 is 9.74. The number of thioether (sulfide) groups is 1. The molecule has 0 fully saturated rings. The highest BCUT2D eigenvalue weighted by atomic mass is 35.5. The number of hydrogen-bond acceptors (Lipinski definition) is 6. The van der Waals surface area contributed by atoms with E-state index in [-0.39, 0.29) is 18.3 Å². The number of esters is 1. The number of benzene rings is 2. The van der Waals surface area contributed by atoms with Crippen LogP contribution in [0.1, 0.15) is 11.1 Å². The van der Waals surface area contributed by atoms with Crippen molar-refractivity contribution < 1.29 is 19.1 Å². The number of hydrazone groups is 1. The Morgan fingerprint density at radius 3 is 2.63 bits per heavy atom. The van der Waals surface area contributed by atoms with Crippen LogP contribution in [0.3, 0.4) is 0 Å². The largest absolute Gasteiger partial charge is 0.482 e. The third-order valence-electron chi connectivity index (χ3n) is 3.32. The number of methoxy groups -OCH3 is 1. The second-order valence-corrected chi connectivity index (χ2v) is 6.70. The summed E-state index contributed by atoms with van der Waals surface area (Å²) in [5.41, 5.74) is 4.26. The minimum Gasteiger partial charge on any atom is -0.482 e. The van der Waals surface area contributed by atoms with E-state index in [4.69, 9.17) is 16.3 Å². The number of carbonyl (C=O) groups is 2.